The van der Waals surface area contributed by atoms with E-state index in [9.17, 15) is 4.79 Å². The standard InChI is InChI=1S/C26H30ClN3O2/c1-3-29(4-2)16-15-28-25(31)14-13-22-17-19-18-32-24-8-6-5-7-23(24)26(19)30(22)21-11-9-20(27)10-12-21/h5-12,17H,3-4,13-16,18H2,1-2H3,(H,28,31). The van der Waals surface area contributed by atoms with Crippen molar-refractivity contribution in [1.29, 1.82) is 0 Å². The fraction of sp³-hybridized carbons (Fsp3) is 0.346. The SMILES string of the molecule is CCN(CC)CCNC(=O)CCc1cc2c(n1-c1ccc(Cl)cc1)-c1ccccc1OC2. The maximum atomic E-state index is 12.5. The van der Waals surface area contributed by atoms with Crippen molar-refractivity contribution < 1.29 is 9.53 Å². The third-order valence-electron chi connectivity index (χ3n) is 6.02. The van der Waals surface area contributed by atoms with Gasteiger partial charge in [0.2, 0.25) is 5.91 Å². The second kappa shape index (κ2) is 10.2. The Morgan fingerprint density at radius 2 is 1.88 bits per heavy atom. The highest BCUT2D eigenvalue weighted by Crippen LogP contribution is 2.41. The molecule has 2 aromatic carbocycles. The summed E-state index contributed by atoms with van der Waals surface area (Å²) in [6, 6.07) is 18.1. The van der Waals surface area contributed by atoms with Gasteiger partial charge in [-0.2, -0.15) is 0 Å². The van der Waals surface area contributed by atoms with Gasteiger partial charge >= 0.3 is 0 Å². The largest absolute Gasteiger partial charge is 0.488 e. The number of carbonyl (C=O) groups is 1. The van der Waals surface area contributed by atoms with E-state index in [-0.39, 0.29) is 5.91 Å². The first-order valence-electron chi connectivity index (χ1n) is 11.3. The molecule has 5 nitrogen and oxygen atoms in total. The summed E-state index contributed by atoms with van der Waals surface area (Å²) < 4.78 is 8.22. The van der Waals surface area contributed by atoms with E-state index in [4.69, 9.17) is 16.3 Å². The summed E-state index contributed by atoms with van der Waals surface area (Å²) in [7, 11) is 0. The van der Waals surface area contributed by atoms with E-state index in [0.717, 1.165) is 53.6 Å². The first-order chi connectivity index (χ1) is 15.6. The summed E-state index contributed by atoms with van der Waals surface area (Å²) in [6.07, 6.45) is 1.09. The van der Waals surface area contributed by atoms with Crippen LogP contribution in [0.1, 0.15) is 31.5 Å². The molecule has 168 valence electrons. The molecule has 1 aliphatic rings. The predicted octanol–water partition coefficient (Wildman–Crippen LogP) is 5.08. The van der Waals surface area contributed by atoms with E-state index in [1.807, 2.05) is 42.5 Å². The molecule has 0 saturated carbocycles. The number of hydrogen-bond acceptors (Lipinski definition) is 3. The van der Waals surface area contributed by atoms with Crippen LogP contribution in [0.5, 0.6) is 5.75 Å². The summed E-state index contributed by atoms with van der Waals surface area (Å²) in [6.45, 7) is 8.35. The molecule has 1 aliphatic heterocycles. The molecule has 4 rings (SSSR count). The van der Waals surface area contributed by atoms with Crippen molar-refractivity contribution in [3.8, 4) is 22.7 Å². The highest BCUT2D eigenvalue weighted by Gasteiger charge is 2.24. The van der Waals surface area contributed by atoms with Crippen molar-refractivity contribution in [1.82, 2.24) is 14.8 Å². The summed E-state index contributed by atoms with van der Waals surface area (Å²) in [5.74, 6) is 0.963. The van der Waals surface area contributed by atoms with Gasteiger partial charge in [0.05, 0.1) is 5.69 Å². The van der Waals surface area contributed by atoms with Crippen LogP contribution in [0, 0.1) is 0 Å². The van der Waals surface area contributed by atoms with Gasteiger partial charge in [-0.3, -0.25) is 4.79 Å². The van der Waals surface area contributed by atoms with Crippen LogP contribution in [-0.2, 0) is 17.8 Å². The fourth-order valence-corrected chi connectivity index (χ4v) is 4.39. The van der Waals surface area contributed by atoms with Crippen molar-refractivity contribution in [2.75, 3.05) is 26.2 Å². The molecule has 3 aromatic rings. The second-order valence-electron chi connectivity index (χ2n) is 7.98. The normalized spacial score (nSPS) is 12.2. The fourth-order valence-electron chi connectivity index (χ4n) is 4.26. The number of fused-ring (bicyclic) bond motifs is 3. The molecular formula is C26H30ClN3O2. The highest BCUT2D eigenvalue weighted by atomic mass is 35.5. The molecule has 2 heterocycles. The molecule has 0 aliphatic carbocycles. The number of likely N-dealkylation sites (N-methyl/N-ethyl adjacent to an activating group) is 1. The van der Waals surface area contributed by atoms with Gasteiger partial charge in [-0.05, 0) is 62.0 Å². The van der Waals surface area contributed by atoms with Crippen LogP contribution < -0.4 is 10.1 Å². The average molecular weight is 452 g/mol. The number of aryl methyl sites for hydroxylation is 1. The van der Waals surface area contributed by atoms with E-state index in [1.54, 1.807) is 0 Å². The Labute approximate surface area is 194 Å². The van der Waals surface area contributed by atoms with E-state index < -0.39 is 0 Å². The van der Waals surface area contributed by atoms with Gasteiger partial charge in [0.1, 0.15) is 12.4 Å². The number of nitrogens with one attached hydrogen (secondary N) is 1. The molecule has 0 spiro atoms. The minimum atomic E-state index is 0.0793. The zero-order chi connectivity index (χ0) is 22.5. The maximum absolute atomic E-state index is 12.5. The van der Waals surface area contributed by atoms with Crippen molar-refractivity contribution in [2.24, 2.45) is 0 Å². The van der Waals surface area contributed by atoms with E-state index in [1.165, 1.54) is 0 Å². The molecule has 1 aromatic heterocycles. The van der Waals surface area contributed by atoms with Gasteiger partial charge in [-0.25, -0.2) is 0 Å². The van der Waals surface area contributed by atoms with Gasteiger partial charge in [0, 0.05) is 47.0 Å². The van der Waals surface area contributed by atoms with E-state index in [0.29, 0.717) is 31.0 Å². The number of aromatic nitrogens is 1. The van der Waals surface area contributed by atoms with Gasteiger partial charge in [-0.15, -0.1) is 0 Å². The second-order valence-corrected chi connectivity index (χ2v) is 8.42. The van der Waals surface area contributed by atoms with Crippen molar-refractivity contribution >= 4 is 17.5 Å². The van der Waals surface area contributed by atoms with Gasteiger partial charge in [0.15, 0.2) is 0 Å². The van der Waals surface area contributed by atoms with Crippen LogP contribution >= 0.6 is 11.6 Å². The first-order valence-corrected chi connectivity index (χ1v) is 11.7. The van der Waals surface area contributed by atoms with Gasteiger partial charge in [-0.1, -0.05) is 37.6 Å². The molecule has 0 bridgehead atoms. The topological polar surface area (TPSA) is 46.5 Å². The number of ether oxygens (including phenoxy) is 1. The van der Waals surface area contributed by atoms with Crippen LogP contribution in [0.4, 0.5) is 0 Å². The molecule has 0 radical (unpaired) electrons. The number of hydrogen-bond donors (Lipinski definition) is 1. The molecule has 6 heteroatoms. The number of para-hydroxylation sites is 1. The lowest BCUT2D eigenvalue weighted by Crippen LogP contribution is -2.34. The number of rotatable bonds is 9. The minimum Gasteiger partial charge on any atom is -0.488 e. The Bertz CT molecular complexity index is 1070. The maximum Gasteiger partial charge on any atom is 0.220 e. The average Bonchev–Trinajstić information content (AvgIpc) is 3.20. The lowest BCUT2D eigenvalue weighted by molar-refractivity contribution is -0.121. The van der Waals surface area contributed by atoms with E-state index >= 15 is 0 Å². The zero-order valence-corrected chi connectivity index (χ0v) is 19.5. The van der Waals surface area contributed by atoms with Crippen LogP contribution in [0.25, 0.3) is 16.9 Å². The van der Waals surface area contributed by atoms with Gasteiger partial charge in [0.25, 0.3) is 0 Å². The molecular weight excluding hydrogens is 422 g/mol. The highest BCUT2D eigenvalue weighted by molar-refractivity contribution is 6.30. The zero-order valence-electron chi connectivity index (χ0n) is 18.7. The first kappa shape index (κ1) is 22.4. The number of benzene rings is 2. The van der Waals surface area contributed by atoms with Crippen molar-refractivity contribution in [3.63, 3.8) is 0 Å². The Morgan fingerprint density at radius 1 is 1.12 bits per heavy atom. The van der Waals surface area contributed by atoms with Crippen molar-refractivity contribution in [3.05, 3.63) is 70.9 Å². The monoisotopic (exact) mass is 451 g/mol. The molecule has 0 unspecified atom stereocenters. The molecule has 0 saturated heterocycles. The third-order valence-corrected chi connectivity index (χ3v) is 6.27. The number of carbonyl (C=O) groups excluding carboxylic acids is 1. The Balaban J connectivity index is 1.57. The quantitative estimate of drug-likeness (QED) is 0.493. The summed E-state index contributed by atoms with van der Waals surface area (Å²) in [5.41, 5.74) is 5.46. The van der Waals surface area contributed by atoms with Gasteiger partial charge < -0.3 is 19.5 Å². The lowest BCUT2D eigenvalue weighted by atomic mass is 10.0. The van der Waals surface area contributed by atoms with Crippen LogP contribution in [0.2, 0.25) is 5.02 Å². The predicted molar refractivity (Wildman–Crippen MR) is 130 cm³/mol. The lowest BCUT2D eigenvalue weighted by Gasteiger charge is -2.21. The van der Waals surface area contributed by atoms with E-state index in [2.05, 4.69) is 40.8 Å². The number of nitrogens with zero attached hydrogens (tertiary/aromatic N) is 2. The third kappa shape index (κ3) is 4.84. The van der Waals surface area contributed by atoms with Crippen LogP contribution in [-0.4, -0.2) is 41.6 Å². The number of amides is 1. The summed E-state index contributed by atoms with van der Waals surface area (Å²) in [4.78, 5) is 14.8. The smallest absolute Gasteiger partial charge is 0.220 e. The number of halogens is 1. The summed E-state index contributed by atoms with van der Waals surface area (Å²) in [5, 5.41) is 3.77. The Hall–Kier alpha value is -2.76. The van der Waals surface area contributed by atoms with Crippen molar-refractivity contribution in [2.45, 2.75) is 33.3 Å². The molecule has 1 amide bonds. The molecule has 0 atom stereocenters. The van der Waals surface area contributed by atoms with Crippen LogP contribution in [0.15, 0.2) is 54.6 Å². The Kier molecular flexibility index (Phi) is 7.18. The molecule has 1 N–H and O–H groups in total. The Morgan fingerprint density at radius 3 is 2.62 bits per heavy atom. The minimum absolute atomic E-state index is 0.0793. The molecule has 32 heavy (non-hydrogen) atoms. The summed E-state index contributed by atoms with van der Waals surface area (Å²) >= 11 is 6.15. The van der Waals surface area contributed by atoms with Crippen LogP contribution in [0.3, 0.4) is 0 Å². The molecule has 0 fully saturated rings.